The van der Waals surface area contributed by atoms with Gasteiger partial charge in [0.1, 0.15) is 6.34 Å². The number of hydrazine groups is 1. The molecule has 0 spiro atoms. The quantitative estimate of drug-likeness (QED) is 0.542. The maximum absolute atomic E-state index is 3.97. The van der Waals surface area contributed by atoms with Gasteiger partial charge < -0.3 is 5.43 Å². The second-order valence-electron chi connectivity index (χ2n) is 1.55. The summed E-state index contributed by atoms with van der Waals surface area (Å²) in [6.07, 6.45) is 3.40. The molecule has 0 saturated heterocycles. The van der Waals surface area contributed by atoms with E-state index in [1.54, 1.807) is 12.5 Å². The highest BCUT2D eigenvalue weighted by Gasteiger charge is 1.99. The van der Waals surface area contributed by atoms with E-state index in [0.29, 0.717) is 0 Å². The van der Waals surface area contributed by atoms with Crippen LogP contribution in [0.2, 0.25) is 0 Å². The maximum Gasteiger partial charge on any atom is 0.104 e. The van der Waals surface area contributed by atoms with Crippen molar-refractivity contribution in [3.63, 3.8) is 0 Å². The number of nitrogens with one attached hydrogen (secondary N) is 1. The molecule has 0 aromatic rings. The van der Waals surface area contributed by atoms with Gasteiger partial charge in [-0.15, -0.1) is 0 Å². The zero-order valence-corrected chi connectivity index (χ0v) is 4.67. The van der Waals surface area contributed by atoms with Crippen LogP contribution in [-0.4, -0.2) is 24.4 Å². The molecule has 0 atom stereocenters. The molecule has 0 aromatic carbocycles. The van der Waals surface area contributed by atoms with E-state index in [9.17, 15) is 0 Å². The van der Waals surface area contributed by atoms with E-state index in [1.165, 1.54) is 0 Å². The summed E-state index contributed by atoms with van der Waals surface area (Å²) in [6.45, 7) is 5.35. The molecule has 8 heavy (non-hydrogen) atoms. The molecule has 0 aliphatic carbocycles. The van der Waals surface area contributed by atoms with E-state index in [4.69, 9.17) is 0 Å². The molecule has 1 heterocycles. The molecule has 3 nitrogen and oxygen atoms in total. The molecule has 1 aliphatic rings. The first-order valence-electron chi connectivity index (χ1n) is 2.57. The number of hydrogen-bond acceptors (Lipinski definition) is 3. The SMILES string of the molecule is C=CNN1C=NCC1. The molecule has 0 unspecified atom stereocenters. The van der Waals surface area contributed by atoms with Crippen molar-refractivity contribution >= 4 is 6.34 Å². The van der Waals surface area contributed by atoms with Crippen LogP contribution in [0.1, 0.15) is 0 Å². The maximum atomic E-state index is 3.97. The summed E-state index contributed by atoms with van der Waals surface area (Å²) in [7, 11) is 0. The lowest BCUT2D eigenvalue weighted by Gasteiger charge is -2.11. The zero-order valence-electron chi connectivity index (χ0n) is 4.67. The molecule has 44 valence electrons. The van der Waals surface area contributed by atoms with Gasteiger partial charge in [0.15, 0.2) is 0 Å². The number of hydrogen-bond donors (Lipinski definition) is 1. The van der Waals surface area contributed by atoms with Gasteiger partial charge in [0, 0.05) is 6.20 Å². The summed E-state index contributed by atoms with van der Waals surface area (Å²) in [5.74, 6) is 0. The lowest BCUT2D eigenvalue weighted by Crippen LogP contribution is -2.30. The van der Waals surface area contributed by atoms with Crippen molar-refractivity contribution in [2.75, 3.05) is 13.1 Å². The van der Waals surface area contributed by atoms with Crippen LogP contribution in [-0.2, 0) is 0 Å². The van der Waals surface area contributed by atoms with Crippen LogP contribution in [0.3, 0.4) is 0 Å². The molecule has 0 amide bonds. The minimum absolute atomic E-state index is 0.890. The normalized spacial score (nSPS) is 16.8. The molecule has 0 saturated carbocycles. The Balaban J connectivity index is 2.25. The fourth-order valence-corrected chi connectivity index (χ4v) is 0.595. The summed E-state index contributed by atoms with van der Waals surface area (Å²) in [5, 5.41) is 1.88. The zero-order chi connectivity index (χ0) is 5.82. The van der Waals surface area contributed by atoms with Gasteiger partial charge in [0.05, 0.1) is 13.1 Å². The van der Waals surface area contributed by atoms with Crippen LogP contribution in [0.5, 0.6) is 0 Å². The van der Waals surface area contributed by atoms with Crippen molar-refractivity contribution in [2.24, 2.45) is 4.99 Å². The third-order valence-electron chi connectivity index (χ3n) is 0.948. The Morgan fingerprint density at radius 3 is 3.25 bits per heavy atom. The average Bonchev–Trinajstić information content (AvgIpc) is 2.19. The highest BCUT2D eigenvalue weighted by molar-refractivity contribution is 5.56. The van der Waals surface area contributed by atoms with Crippen molar-refractivity contribution in [2.45, 2.75) is 0 Å². The topological polar surface area (TPSA) is 27.6 Å². The summed E-state index contributed by atoms with van der Waals surface area (Å²) in [4.78, 5) is 3.97. The Hall–Kier alpha value is -0.990. The predicted molar refractivity (Wildman–Crippen MR) is 33.4 cm³/mol. The molecule has 1 N–H and O–H groups in total. The molecule has 1 aliphatic heterocycles. The fraction of sp³-hybridized carbons (Fsp3) is 0.400. The predicted octanol–water partition coefficient (Wildman–Crippen LogP) is -0.0216. The van der Waals surface area contributed by atoms with Gasteiger partial charge in [-0.2, -0.15) is 0 Å². The Morgan fingerprint density at radius 2 is 2.75 bits per heavy atom. The minimum atomic E-state index is 0.890. The lowest BCUT2D eigenvalue weighted by atomic mass is 10.7. The summed E-state index contributed by atoms with van der Waals surface area (Å²) < 4.78 is 0. The highest BCUT2D eigenvalue weighted by atomic mass is 15.5. The molecular formula is C5H9N3. The van der Waals surface area contributed by atoms with E-state index >= 15 is 0 Å². The first kappa shape index (κ1) is 5.15. The molecule has 0 radical (unpaired) electrons. The number of aliphatic imine (C=N–C) groups is 1. The van der Waals surface area contributed by atoms with Gasteiger partial charge >= 0.3 is 0 Å². The van der Waals surface area contributed by atoms with Gasteiger partial charge in [0.25, 0.3) is 0 Å². The van der Waals surface area contributed by atoms with Crippen molar-refractivity contribution in [3.05, 3.63) is 12.8 Å². The van der Waals surface area contributed by atoms with Crippen LogP contribution in [0, 0.1) is 0 Å². The van der Waals surface area contributed by atoms with Crippen molar-refractivity contribution in [3.8, 4) is 0 Å². The smallest absolute Gasteiger partial charge is 0.104 e. The largest absolute Gasteiger partial charge is 0.305 e. The summed E-state index contributed by atoms with van der Waals surface area (Å²) in [6, 6.07) is 0. The van der Waals surface area contributed by atoms with Crippen LogP contribution in [0.15, 0.2) is 17.8 Å². The Bertz CT molecular complexity index is 108. The van der Waals surface area contributed by atoms with Crippen molar-refractivity contribution in [1.29, 1.82) is 0 Å². The van der Waals surface area contributed by atoms with Crippen LogP contribution in [0.4, 0.5) is 0 Å². The fourth-order valence-electron chi connectivity index (χ4n) is 0.595. The molecule has 1 rings (SSSR count). The van der Waals surface area contributed by atoms with E-state index in [0.717, 1.165) is 13.1 Å². The van der Waals surface area contributed by atoms with Gasteiger partial charge in [-0.1, -0.05) is 6.58 Å². The molecule has 0 aromatic heterocycles. The van der Waals surface area contributed by atoms with Crippen molar-refractivity contribution < 1.29 is 0 Å². The molecule has 0 fully saturated rings. The van der Waals surface area contributed by atoms with Gasteiger partial charge in [0.2, 0.25) is 0 Å². The van der Waals surface area contributed by atoms with Gasteiger partial charge in [-0.3, -0.25) is 10.0 Å². The molecule has 3 heteroatoms. The second-order valence-corrected chi connectivity index (χ2v) is 1.55. The second kappa shape index (κ2) is 2.35. The first-order valence-corrected chi connectivity index (χ1v) is 2.57. The van der Waals surface area contributed by atoms with Crippen LogP contribution < -0.4 is 5.43 Å². The number of nitrogens with zero attached hydrogens (tertiary/aromatic N) is 2. The summed E-state index contributed by atoms with van der Waals surface area (Å²) >= 11 is 0. The van der Waals surface area contributed by atoms with E-state index < -0.39 is 0 Å². The lowest BCUT2D eigenvalue weighted by molar-refractivity contribution is 0.402. The number of rotatable bonds is 2. The van der Waals surface area contributed by atoms with Gasteiger partial charge in [-0.25, -0.2) is 0 Å². The Morgan fingerprint density at radius 1 is 1.88 bits per heavy atom. The standard InChI is InChI=1S/C5H9N3/c1-2-7-8-4-3-6-5-8/h2,5,7H,1,3-4H2. The molecular weight excluding hydrogens is 102 g/mol. The van der Waals surface area contributed by atoms with Crippen LogP contribution >= 0.6 is 0 Å². The third kappa shape index (κ3) is 0.992. The van der Waals surface area contributed by atoms with Crippen LogP contribution in [0.25, 0.3) is 0 Å². The Labute approximate surface area is 48.7 Å². The highest BCUT2D eigenvalue weighted by Crippen LogP contribution is 1.85. The third-order valence-corrected chi connectivity index (χ3v) is 0.948. The monoisotopic (exact) mass is 111 g/mol. The van der Waals surface area contributed by atoms with Gasteiger partial charge in [-0.05, 0) is 0 Å². The summed E-state index contributed by atoms with van der Waals surface area (Å²) in [5.41, 5.74) is 2.89. The molecule has 0 bridgehead atoms. The minimum Gasteiger partial charge on any atom is -0.305 e. The van der Waals surface area contributed by atoms with Crippen molar-refractivity contribution in [1.82, 2.24) is 10.4 Å². The average molecular weight is 111 g/mol. The van der Waals surface area contributed by atoms with E-state index in [2.05, 4.69) is 17.0 Å². The first-order chi connectivity index (χ1) is 3.93. The Kier molecular flexibility index (Phi) is 1.51. The van der Waals surface area contributed by atoms with E-state index in [1.807, 2.05) is 5.01 Å². The van der Waals surface area contributed by atoms with E-state index in [-0.39, 0.29) is 0 Å².